The predicted molar refractivity (Wildman–Crippen MR) is 101 cm³/mol. The predicted octanol–water partition coefficient (Wildman–Crippen LogP) is 2.72. The fourth-order valence-corrected chi connectivity index (χ4v) is 4.43. The lowest BCUT2D eigenvalue weighted by Crippen LogP contribution is -2.56. The molecule has 0 spiro atoms. The molecule has 2 aliphatic carbocycles. The molecule has 0 radical (unpaired) electrons. The Kier molecular flexibility index (Phi) is 5.15. The fourth-order valence-electron chi connectivity index (χ4n) is 4.43. The van der Waals surface area contributed by atoms with Gasteiger partial charge in [0.15, 0.2) is 5.60 Å². The van der Waals surface area contributed by atoms with E-state index in [-0.39, 0.29) is 12.3 Å². The van der Waals surface area contributed by atoms with Crippen LogP contribution in [-0.4, -0.2) is 32.8 Å². The Labute approximate surface area is 156 Å². The van der Waals surface area contributed by atoms with E-state index < -0.39 is 17.6 Å². The number of carboxylic acid groups (broad SMARTS) is 1. The van der Waals surface area contributed by atoms with E-state index in [2.05, 4.69) is 11.9 Å². The van der Waals surface area contributed by atoms with E-state index in [1.165, 1.54) is 24.8 Å². The molecule has 0 amide bonds. The van der Waals surface area contributed by atoms with Crippen molar-refractivity contribution in [1.29, 1.82) is 0 Å². The highest BCUT2D eigenvalue weighted by Gasteiger charge is 2.45. The molecule has 0 bridgehead atoms. The Bertz CT molecular complexity index is 684. The van der Waals surface area contributed by atoms with Gasteiger partial charge in [-0.15, -0.1) is 0 Å². The quantitative estimate of drug-likeness (QED) is 0.662. The second-order valence-corrected chi connectivity index (χ2v) is 9.33. The van der Waals surface area contributed by atoms with Crippen molar-refractivity contribution in [2.45, 2.75) is 77.4 Å². The fraction of sp³-hybridized carbons (Fsp3) is 0.714. The minimum Gasteiger partial charge on any atom is -0.479 e. The Morgan fingerprint density at radius 2 is 2.12 bits per heavy atom. The van der Waals surface area contributed by atoms with E-state index in [0.717, 1.165) is 18.4 Å². The van der Waals surface area contributed by atoms with Crippen molar-refractivity contribution in [3.05, 3.63) is 29.1 Å². The second kappa shape index (κ2) is 6.93. The summed E-state index contributed by atoms with van der Waals surface area (Å²) in [5.74, 6) is -0.443. The van der Waals surface area contributed by atoms with Gasteiger partial charge in [-0.1, -0.05) is 20.8 Å². The van der Waals surface area contributed by atoms with Gasteiger partial charge in [0, 0.05) is 24.4 Å². The molecule has 1 fully saturated rings. The highest BCUT2D eigenvalue weighted by atomic mass is 16.4. The van der Waals surface area contributed by atoms with Crippen molar-refractivity contribution < 1.29 is 15.0 Å². The van der Waals surface area contributed by atoms with Gasteiger partial charge in [-0.25, -0.2) is 4.79 Å². The normalized spacial score (nSPS) is 24.2. The summed E-state index contributed by atoms with van der Waals surface area (Å²) in [5, 5.41) is 20.6. The molecule has 3 atom stereocenters. The maximum absolute atomic E-state index is 11.9. The molecule has 0 aromatic carbocycles. The van der Waals surface area contributed by atoms with Crippen molar-refractivity contribution in [1.82, 2.24) is 4.98 Å². The topological polar surface area (TPSA) is 96.4 Å². The van der Waals surface area contributed by atoms with Crippen LogP contribution in [0.1, 0.15) is 63.3 Å². The summed E-state index contributed by atoms with van der Waals surface area (Å²) in [6.07, 6.45) is 7.99. The number of aliphatic hydroxyl groups is 1. The Morgan fingerprint density at radius 1 is 1.42 bits per heavy atom. The first-order chi connectivity index (χ1) is 12.1. The number of carbonyl (C=O) groups is 1. The van der Waals surface area contributed by atoms with Crippen molar-refractivity contribution in [3.8, 4) is 0 Å². The summed E-state index contributed by atoms with van der Waals surface area (Å²) in [5.41, 5.74) is 7.73. The van der Waals surface area contributed by atoms with Crippen LogP contribution in [0.5, 0.6) is 0 Å². The maximum Gasteiger partial charge on any atom is 0.337 e. The number of nitrogens with zero attached hydrogens (tertiary/aromatic N) is 1. The zero-order valence-electron chi connectivity index (χ0n) is 16.2. The smallest absolute Gasteiger partial charge is 0.337 e. The van der Waals surface area contributed by atoms with Crippen LogP contribution in [0.25, 0.3) is 0 Å². The summed E-state index contributed by atoms with van der Waals surface area (Å²) >= 11 is 0. The Balaban J connectivity index is 1.80. The second-order valence-electron chi connectivity index (χ2n) is 9.33. The molecule has 1 aromatic heterocycles. The van der Waals surface area contributed by atoms with Gasteiger partial charge in [0.05, 0.1) is 0 Å². The van der Waals surface area contributed by atoms with E-state index in [0.29, 0.717) is 23.4 Å². The van der Waals surface area contributed by atoms with Gasteiger partial charge in [-0.05, 0) is 73.0 Å². The Hall–Kier alpha value is -1.46. The van der Waals surface area contributed by atoms with E-state index >= 15 is 0 Å². The molecule has 26 heavy (non-hydrogen) atoms. The summed E-state index contributed by atoms with van der Waals surface area (Å²) < 4.78 is 0. The lowest BCUT2D eigenvalue weighted by atomic mass is 9.83. The minimum absolute atomic E-state index is 0.0244. The summed E-state index contributed by atoms with van der Waals surface area (Å²) in [6.45, 7) is 6.30. The molecule has 3 unspecified atom stereocenters. The highest BCUT2D eigenvalue weighted by Crippen LogP contribution is 2.52. The van der Waals surface area contributed by atoms with Crippen LogP contribution in [0.2, 0.25) is 0 Å². The zero-order chi connectivity index (χ0) is 19.1. The zero-order valence-corrected chi connectivity index (χ0v) is 16.2. The first kappa shape index (κ1) is 19.3. The molecule has 4 N–H and O–H groups in total. The van der Waals surface area contributed by atoms with Crippen LogP contribution in [-0.2, 0) is 24.1 Å². The number of aliphatic carboxylic acids is 1. The van der Waals surface area contributed by atoms with Gasteiger partial charge >= 0.3 is 5.97 Å². The maximum atomic E-state index is 11.9. The third kappa shape index (κ3) is 3.94. The highest BCUT2D eigenvalue weighted by molar-refractivity contribution is 5.78. The van der Waals surface area contributed by atoms with Crippen molar-refractivity contribution in [2.24, 2.45) is 23.0 Å². The van der Waals surface area contributed by atoms with Gasteiger partial charge in [-0.2, -0.15) is 0 Å². The molecule has 1 aromatic rings. The standard InChI is InChI=1S/C21H32N2O3/c1-13(2)8-18(22)21(26,19(24)25)12-17-16-10-14(11-20(3)5-6-20)9-15(16)4-7-23-17/h4,7,13-14,18,26H,5-6,8-12,22H2,1-3H3,(H,24,25). The molecule has 144 valence electrons. The van der Waals surface area contributed by atoms with Crippen molar-refractivity contribution in [2.75, 3.05) is 0 Å². The minimum atomic E-state index is -1.98. The van der Waals surface area contributed by atoms with Crippen LogP contribution in [0.15, 0.2) is 12.3 Å². The average Bonchev–Trinajstić information content (AvgIpc) is 3.11. The number of rotatable bonds is 8. The number of carboxylic acids is 1. The van der Waals surface area contributed by atoms with E-state index in [1.807, 2.05) is 19.9 Å². The molecule has 3 rings (SSSR count). The first-order valence-electron chi connectivity index (χ1n) is 9.80. The van der Waals surface area contributed by atoms with Crippen LogP contribution < -0.4 is 5.73 Å². The molecule has 1 heterocycles. The van der Waals surface area contributed by atoms with E-state index in [9.17, 15) is 15.0 Å². The van der Waals surface area contributed by atoms with Crippen LogP contribution in [0.3, 0.4) is 0 Å². The van der Waals surface area contributed by atoms with E-state index in [1.54, 1.807) is 6.20 Å². The third-order valence-electron chi connectivity index (χ3n) is 6.27. The molecule has 5 nitrogen and oxygen atoms in total. The molecule has 0 saturated heterocycles. The largest absolute Gasteiger partial charge is 0.479 e. The van der Waals surface area contributed by atoms with Crippen molar-refractivity contribution >= 4 is 5.97 Å². The number of fused-ring (bicyclic) bond motifs is 1. The summed E-state index contributed by atoms with van der Waals surface area (Å²) in [4.78, 5) is 16.3. The Morgan fingerprint density at radius 3 is 2.69 bits per heavy atom. The number of pyridine rings is 1. The molecular weight excluding hydrogens is 328 g/mol. The van der Waals surface area contributed by atoms with Crippen molar-refractivity contribution in [3.63, 3.8) is 0 Å². The third-order valence-corrected chi connectivity index (χ3v) is 6.27. The molecular formula is C21H32N2O3. The lowest BCUT2D eigenvalue weighted by Gasteiger charge is -2.31. The van der Waals surface area contributed by atoms with E-state index in [4.69, 9.17) is 5.73 Å². The first-order valence-corrected chi connectivity index (χ1v) is 9.80. The SMILES string of the molecule is CC(C)CC(N)C(O)(Cc1nccc2c1CC(CC1(C)CC1)C2)C(=O)O. The summed E-state index contributed by atoms with van der Waals surface area (Å²) in [6, 6.07) is 1.22. The lowest BCUT2D eigenvalue weighted by molar-refractivity contribution is -0.161. The number of hydrogen-bond donors (Lipinski definition) is 3. The van der Waals surface area contributed by atoms with Gasteiger partial charge in [0.1, 0.15) is 0 Å². The van der Waals surface area contributed by atoms with Crippen LogP contribution in [0.4, 0.5) is 0 Å². The number of aromatic nitrogens is 1. The molecule has 1 saturated carbocycles. The van der Waals surface area contributed by atoms with Gasteiger partial charge < -0.3 is 15.9 Å². The molecule has 2 aliphatic rings. The average molecular weight is 360 g/mol. The number of hydrogen-bond acceptors (Lipinski definition) is 4. The van der Waals surface area contributed by atoms with Gasteiger partial charge in [-0.3, -0.25) is 4.98 Å². The number of nitrogens with two attached hydrogens (primary N) is 1. The van der Waals surface area contributed by atoms with Gasteiger partial charge in [0.2, 0.25) is 0 Å². The summed E-state index contributed by atoms with van der Waals surface area (Å²) in [7, 11) is 0. The van der Waals surface area contributed by atoms with Crippen LogP contribution in [0, 0.1) is 17.3 Å². The molecule has 5 heteroatoms. The van der Waals surface area contributed by atoms with Crippen LogP contribution >= 0.6 is 0 Å². The molecule has 0 aliphatic heterocycles. The van der Waals surface area contributed by atoms with Gasteiger partial charge in [0.25, 0.3) is 0 Å². The monoisotopic (exact) mass is 360 g/mol.